The molecule has 3 rings (SSSR count). The molecule has 2 aromatic rings. The van der Waals surface area contributed by atoms with Gasteiger partial charge in [-0.25, -0.2) is 0 Å². The highest BCUT2D eigenvalue weighted by Gasteiger charge is 2.42. The summed E-state index contributed by atoms with van der Waals surface area (Å²) in [5.41, 5.74) is 4.07. The molecule has 2 heterocycles. The SMILES string of the molecule is Cc1cccc(CN2CCCC(O)(CN(C)Cc3c(C)n[nH]c3C)C2=O)c1. The predicted molar refractivity (Wildman–Crippen MR) is 105 cm³/mol. The number of hydrogen-bond donors (Lipinski definition) is 2. The standard InChI is InChI=1S/C21H30N4O2/c1-15-7-5-8-18(11-15)12-25-10-6-9-21(27,20(25)26)14-24(4)13-19-16(2)22-23-17(19)3/h5,7-8,11,27H,6,9-10,12-14H2,1-4H3,(H,22,23). The molecule has 1 aromatic carbocycles. The van der Waals surface area contributed by atoms with Crippen molar-refractivity contribution in [3.63, 3.8) is 0 Å². The summed E-state index contributed by atoms with van der Waals surface area (Å²) >= 11 is 0. The molecule has 1 atom stereocenters. The summed E-state index contributed by atoms with van der Waals surface area (Å²) in [5, 5.41) is 18.3. The van der Waals surface area contributed by atoms with Crippen LogP contribution in [0.3, 0.4) is 0 Å². The van der Waals surface area contributed by atoms with Crippen LogP contribution in [0.2, 0.25) is 0 Å². The number of aliphatic hydroxyl groups is 1. The molecular formula is C21H30N4O2. The van der Waals surface area contributed by atoms with Crippen molar-refractivity contribution in [2.75, 3.05) is 20.1 Å². The molecule has 146 valence electrons. The molecular weight excluding hydrogens is 340 g/mol. The Morgan fingerprint density at radius 1 is 1.33 bits per heavy atom. The van der Waals surface area contributed by atoms with Crippen LogP contribution in [0.1, 0.15) is 40.9 Å². The van der Waals surface area contributed by atoms with E-state index in [1.165, 1.54) is 5.56 Å². The largest absolute Gasteiger partial charge is 0.379 e. The average Bonchev–Trinajstić information content (AvgIpc) is 2.91. The van der Waals surface area contributed by atoms with Crippen molar-refractivity contribution >= 4 is 5.91 Å². The Morgan fingerprint density at radius 2 is 2.11 bits per heavy atom. The lowest BCUT2D eigenvalue weighted by Gasteiger charge is -2.40. The number of benzene rings is 1. The van der Waals surface area contributed by atoms with Crippen LogP contribution in [0, 0.1) is 20.8 Å². The Labute approximate surface area is 161 Å². The number of aromatic amines is 1. The summed E-state index contributed by atoms with van der Waals surface area (Å²) in [6.07, 6.45) is 1.31. The minimum Gasteiger partial charge on any atom is -0.379 e. The highest BCUT2D eigenvalue weighted by atomic mass is 16.3. The van der Waals surface area contributed by atoms with Gasteiger partial charge in [-0.1, -0.05) is 29.8 Å². The van der Waals surface area contributed by atoms with E-state index in [-0.39, 0.29) is 5.91 Å². The lowest BCUT2D eigenvalue weighted by atomic mass is 9.90. The minimum atomic E-state index is -1.33. The maximum atomic E-state index is 13.0. The second-order valence-corrected chi connectivity index (χ2v) is 7.94. The molecule has 1 aliphatic rings. The zero-order valence-corrected chi connectivity index (χ0v) is 16.7. The first-order chi connectivity index (χ1) is 12.8. The molecule has 27 heavy (non-hydrogen) atoms. The molecule has 6 nitrogen and oxygen atoms in total. The van der Waals surface area contributed by atoms with Crippen LogP contribution in [-0.4, -0.2) is 56.7 Å². The predicted octanol–water partition coefficient (Wildman–Crippen LogP) is 2.32. The first kappa shape index (κ1) is 19.6. The molecule has 0 aliphatic carbocycles. The zero-order valence-electron chi connectivity index (χ0n) is 16.7. The van der Waals surface area contributed by atoms with Crippen molar-refractivity contribution in [1.82, 2.24) is 20.0 Å². The van der Waals surface area contributed by atoms with Gasteiger partial charge in [-0.15, -0.1) is 0 Å². The molecule has 1 fully saturated rings. The second kappa shape index (κ2) is 7.82. The van der Waals surface area contributed by atoms with E-state index in [4.69, 9.17) is 0 Å². The Morgan fingerprint density at radius 3 is 2.78 bits per heavy atom. The number of likely N-dealkylation sites (N-methyl/N-ethyl adjacent to an activating group) is 1. The molecule has 0 saturated carbocycles. The topological polar surface area (TPSA) is 72.5 Å². The Bertz CT molecular complexity index is 797. The molecule has 1 aromatic heterocycles. The Balaban J connectivity index is 1.67. The molecule has 6 heteroatoms. The summed E-state index contributed by atoms with van der Waals surface area (Å²) in [7, 11) is 1.94. The molecule has 1 saturated heterocycles. The third-order valence-electron chi connectivity index (χ3n) is 5.40. The van der Waals surface area contributed by atoms with Crippen LogP contribution in [0.4, 0.5) is 0 Å². The maximum Gasteiger partial charge on any atom is 0.256 e. The van der Waals surface area contributed by atoms with Gasteiger partial charge < -0.3 is 10.0 Å². The first-order valence-corrected chi connectivity index (χ1v) is 9.55. The van der Waals surface area contributed by atoms with Crippen LogP contribution >= 0.6 is 0 Å². The fourth-order valence-electron chi connectivity index (χ4n) is 3.97. The van der Waals surface area contributed by atoms with E-state index in [0.717, 1.165) is 28.9 Å². The number of likely N-dealkylation sites (tertiary alicyclic amines) is 1. The van der Waals surface area contributed by atoms with Gasteiger partial charge in [0.2, 0.25) is 0 Å². The van der Waals surface area contributed by atoms with E-state index < -0.39 is 5.60 Å². The monoisotopic (exact) mass is 370 g/mol. The fraction of sp³-hybridized carbons (Fsp3) is 0.524. The summed E-state index contributed by atoms with van der Waals surface area (Å²) in [6.45, 7) is 8.23. The van der Waals surface area contributed by atoms with Gasteiger partial charge in [0.1, 0.15) is 0 Å². The van der Waals surface area contributed by atoms with E-state index in [1.807, 2.05) is 50.9 Å². The lowest BCUT2D eigenvalue weighted by molar-refractivity contribution is -0.160. The molecule has 2 N–H and O–H groups in total. The number of rotatable bonds is 6. The first-order valence-electron chi connectivity index (χ1n) is 9.55. The average molecular weight is 370 g/mol. The van der Waals surface area contributed by atoms with Crippen LogP contribution in [0.15, 0.2) is 24.3 Å². The van der Waals surface area contributed by atoms with Crippen molar-refractivity contribution in [2.24, 2.45) is 0 Å². The number of amides is 1. The quantitative estimate of drug-likeness (QED) is 0.819. The van der Waals surface area contributed by atoms with Crippen LogP contribution < -0.4 is 0 Å². The summed E-state index contributed by atoms with van der Waals surface area (Å²) in [4.78, 5) is 16.8. The third kappa shape index (κ3) is 4.39. The summed E-state index contributed by atoms with van der Waals surface area (Å²) in [6, 6.07) is 8.18. The van der Waals surface area contributed by atoms with Crippen molar-refractivity contribution in [2.45, 2.75) is 52.3 Å². The van der Waals surface area contributed by atoms with Gasteiger partial charge in [-0.05, 0) is 46.2 Å². The summed E-state index contributed by atoms with van der Waals surface area (Å²) in [5.74, 6) is -0.164. The van der Waals surface area contributed by atoms with Gasteiger partial charge in [0, 0.05) is 37.4 Å². The number of aromatic nitrogens is 2. The number of nitrogens with one attached hydrogen (secondary N) is 1. The normalized spacial score (nSPS) is 20.5. The maximum absolute atomic E-state index is 13.0. The molecule has 0 spiro atoms. The highest BCUT2D eigenvalue weighted by molar-refractivity contribution is 5.86. The molecule has 1 unspecified atom stereocenters. The van der Waals surface area contributed by atoms with Gasteiger partial charge in [0.25, 0.3) is 5.91 Å². The Kier molecular flexibility index (Phi) is 5.67. The number of nitrogens with zero attached hydrogens (tertiary/aromatic N) is 3. The number of hydrogen-bond acceptors (Lipinski definition) is 4. The van der Waals surface area contributed by atoms with Crippen LogP contribution in [0.25, 0.3) is 0 Å². The van der Waals surface area contributed by atoms with Gasteiger partial charge in [0.05, 0.1) is 5.69 Å². The number of H-pyrrole nitrogens is 1. The smallest absolute Gasteiger partial charge is 0.256 e. The lowest BCUT2D eigenvalue weighted by Crippen LogP contribution is -2.57. The van der Waals surface area contributed by atoms with Gasteiger partial charge >= 0.3 is 0 Å². The Hall–Kier alpha value is -2.18. The molecule has 1 aliphatic heterocycles. The molecule has 0 radical (unpaired) electrons. The van der Waals surface area contributed by atoms with Crippen molar-refractivity contribution in [3.05, 3.63) is 52.3 Å². The van der Waals surface area contributed by atoms with E-state index in [1.54, 1.807) is 4.90 Å². The van der Waals surface area contributed by atoms with Gasteiger partial charge in [-0.3, -0.25) is 14.8 Å². The minimum absolute atomic E-state index is 0.164. The van der Waals surface area contributed by atoms with E-state index in [0.29, 0.717) is 32.6 Å². The molecule has 0 bridgehead atoms. The van der Waals surface area contributed by atoms with Crippen molar-refractivity contribution in [1.29, 1.82) is 0 Å². The number of aryl methyl sites for hydroxylation is 3. The van der Waals surface area contributed by atoms with Gasteiger partial charge in [-0.2, -0.15) is 5.10 Å². The number of carbonyl (C=O) groups excluding carboxylic acids is 1. The molecule has 1 amide bonds. The highest BCUT2D eigenvalue weighted by Crippen LogP contribution is 2.26. The van der Waals surface area contributed by atoms with Crippen molar-refractivity contribution in [3.8, 4) is 0 Å². The van der Waals surface area contributed by atoms with Crippen molar-refractivity contribution < 1.29 is 9.90 Å². The van der Waals surface area contributed by atoms with E-state index in [9.17, 15) is 9.90 Å². The second-order valence-electron chi connectivity index (χ2n) is 7.94. The van der Waals surface area contributed by atoms with E-state index >= 15 is 0 Å². The summed E-state index contributed by atoms with van der Waals surface area (Å²) < 4.78 is 0. The number of carbonyl (C=O) groups is 1. The fourth-order valence-corrected chi connectivity index (χ4v) is 3.97. The van der Waals surface area contributed by atoms with Crippen LogP contribution in [-0.2, 0) is 17.9 Å². The third-order valence-corrected chi connectivity index (χ3v) is 5.40. The van der Waals surface area contributed by atoms with Gasteiger partial charge in [0.15, 0.2) is 5.60 Å². The zero-order chi connectivity index (χ0) is 19.6. The number of piperidine rings is 1. The van der Waals surface area contributed by atoms with E-state index in [2.05, 4.69) is 16.3 Å². The van der Waals surface area contributed by atoms with Crippen LogP contribution in [0.5, 0.6) is 0 Å².